The van der Waals surface area contributed by atoms with Gasteiger partial charge in [0, 0.05) is 19.1 Å². The van der Waals surface area contributed by atoms with Crippen LogP contribution in [0, 0.1) is 0 Å². The molecule has 0 radical (unpaired) electrons. The van der Waals surface area contributed by atoms with Gasteiger partial charge in [-0.2, -0.15) is 0 Å². The second kappa shape index (κ2) is 5.10. The molecule has 1 aliphatic heterocycles. The average molecular weight is 198 g/mol. The Morgan fingerprint density at radius 2 is 1.86 bits per heavy atom. The molecule has 2 fully saturated rings. The van der Waals surface area contributed by atoms with Crippen molar-refractivity contribution in [3.63, 3.8) is 0 Å². The molecule has 82 valence electrons. The van der Waals surface area contributed by atoms with Crippen molar-refractivity contribution in [2.45, 2.75) is 44.2 Å². The monoisotopic (exact) mass is 198 g/mol. The highest BCUT2D eigenvalue weighted by molar-refractivity contribution is 4.84. The molecule has 1 saturated heterocycles. The summed E-state index contributed by atoms with van der Waals surface area (Å²) in [5.41, 5.74) is 0. The molecule has 0 bridgehead atoms. The van der Waals surface area contributed by atoms with E-state index in [1.807, 2.05) is 0 Å². The van der Waals surface area contributed by atoms with Gasteiger partial charge in [0.2, 0.25) is 0 Å². The molecule has 0 unspecified atom stereocenters. The fraction of sp³-hybridized carbons (Fsp3) is 1.00. The molecule has 3 nitrogen and oxygen atoms in total. The van der Waals surface area contributed by atoms with Gasteiger partial charge in [-0.1, -0.05) is 12.8 Å². The summed E-state index contributed by atoms with van der Waals surface area (Å²) in [7, 11) is 0. The fourth-order valence-corrected chi connectivity index (χ4v) is 2.72. The highest BCUT2D eigenvalue weighted by Gasteiger charge is 2.28. The van der Waals surface area contributed by atoms with E-state index in [2.05, 4.69) is 10.2 Å². The van der Waals surface area contributed by atoms with Crippen LogP contribution in [0.3, 0.4) is 0 Å². The Bertz CT molecular complexity index is 167. The minimum atomic E-state index is -0.0677. The van der Waals surface area contributed by atoms with Gasteiger partial charge in [-0.3, -0.25) is 4.90 Å². The maximum absolute atomic E-state index is 9.95. The minimum Gasteiger partial charge on any atom is -0.391 e. The first-order chi connectivity index (χ1) is 6.88. The number of nitrogens with zero attached hydrogens (tertiary/aromatic N) is 1. The van der Waals surface area contributed by atoms with Crippen LogP contribution >= 0.6 is 0 Å². The van der Waals surface area contributed by atoms with Crippen molar-refractivity contribution in [2.24, 2.45) is 0 Å². The molecule has 2 N–H and O–H groups in total. The molecule has 0 aromatic rings. The van der Waals surface area contributed by atoms with E-state index < -0.39 is 0 Å². The zero-order chi connectivity index (χ0) is 9.80. The minimum absolute atomic E-state index is 0.0677. The number of nitrogens with one attached hydrogen (secondary N) is 1. The van der Waals surface area contributed by atoms with Crippen LogP contribution in [0.5, 0.6) is 0 Å². The maximum Gasteiger partial charge on any atom is 0.0695 e. The van der Waals surface area contributed by atoms with Crippen molar-refractivity contribution in [2.75, 3.05) is 26.2 Å². The first-order valence-electron chi connectivity index (χ1n) is 6.01. The lowest BCUT2D eigenvalue weighted by Crippen LogP contribution is -2.46. The molecule has 0 aromatic heterocycles. The van der Waals surface area contributed by atoms with Crippen LogP contribution in [-0.4, -0.2) is 48.3 Å². The molecule has 0 aromatic carbocycles. The first-order valence-corrected chi connectivity index (χ1v) is 6.01. The normalized spacial score (nSPS) is 36.6. The van der Waals surface area contributed by atoms with Gasteiger partial charge in [0.25, 0.3) is 0 Å². The van der Waals surface area contributed by atoms with Gasteiger partial charge in [0.05, 0.1) is 6.10 Å². The lowest BCUT2D eigenvalue weighted by molar-refractivity contribution is 0.0228. The summed E-state index contributed by atoms with van der Waals surface area (Å²) in [6, 6.07) is 0.448. The van der Waals surface area contributed by atoms with E-state index in [1.54, 1.807) is 0 Å². The molecule has 3 heteroatoms. The molecular formula is C11H22N2O. The second-order valence-electron chi connectivity index (χ2n) is 4.56. The van der Waals surface area contributed by atoms with Crippen LogP contribution in [0.2, 0.25) is 0 Å². The van der Waals surface area contributed by atoms with Gasteiger partial charge in [0.15, 0.2) is 0 Å². The van der Waals surface area contributed by atoms with Gasteiger partial charge in [-0.15, -0.1) is 0 Å². The van der Waals surface area contributed by atoms with Crippen LogP contribution in [0.1, 0.15) is 32.1 Å². The Hall–Kier alpha value is -0.120. The van der Waals surface area contributed by atoms with Crippen molar-refractivity contribution >= 4 is 0 Å². The molecule has 2 aliphatic rings. The van der Waals surface area contributed by atoms with E-state index in [9.17, 15) is 5.11 Å². The molecule has 0 spiro atoms. The summed E-state index contributed by atoms with van der Waals surface area (Å²) in [4.78, 5) is 2.49. The third kappa shape index (κ3) is 2.47. The van der Waals surface area contributed by atoms with Crippen molar-refractivity contribution < 1.29 is 5.11 Å². The van der Waals surface area contributed by atoms with E-state index >= 15 is 0 Å². The average Bonchev–Trinajstić information content (AvgIpc) is 2.47. The first kappa shape index (κ1) is 10.4. The van der Waals surface area contributed by atoms with E-state index in [-0.39, 0.29) is 6.10 Å². The number of aliphatic hydroxyl groups excluding tert-OH is 1. The van der Waals surface area contributed by atoms with Gasteiger partial charge < -0.3 is 10.4 Å². The van der Waals surface area contributed by atoms with Gasteiger partial charge >= 0.3 is 0 Å². The molecule has 0 amide bonds. The van der Waals surface area contributed by atoms with Gasteiger partial charge in [-0.05, 0) is 32.4 Å². The van der Waals surface area contributed by atoms with E-state index in [0.29, 0.717) is 6.04 Å². The Kier molecular flexibility index (Phi) is 3.79. The van der Waals surface area contributed by atoms with Crippen molar-refractivity contribution in [3.8, 4) is 0 Å². The molecule has 1 heterocycles. The molecular weight excluding hydrogens is 176 g/mol. The summed E-state index contributed by atoms with van der Waals surface area (Å²) >= 11 is 0. The van der Waals surface area contributed by atoms with Crippen LogP contribution in [0.4, 0.5) is 0 Å². The van der Waals surface area contributed by atoms with Crippen molar-refractivity contribution in [1.82, 2.24) is 10.2 Å². The highest BCUT2D eigenvalue weighted by Crippen LogP contribution is 2.23. The predicted molar refractivity (Wildman–Crippen MR) is 57.3 cm³/mol. The van der Waals surface area contributed by atoms with E-state index in [1.165, 1.54) is 25.7 Å². The summed E-state index contributed by atoms with van der Waals surface area (Å²) < 4.78 is 0. The van der Waals surface area contributed by atoms with Crippen LogP contribution < -0.4 is 5.32 Å². The number of hydrogen-bond acceptors (Lipinski definition) is 3. The Labute approximate surface area is 86.5 Å². The molecule has 2 rings (SSSR count). The molecule has 1 saturated carbocycles. The second-order valence-corrected chi connectivity index (χ2v) is 4.56. The smallest absolute Gasteiger partial charge is 0.0695 e. The summed E-state index contributed by atoms with van der Waals surface area (Å²) in [6.07, 6.45) is 5.87. The SMILES string of the molecule is O[C@@H]1CCCC[C@H]1N1CCCNCC1. The topological polar surface area (TPSA) is 35.5 Å². The Morgan fingerprint density at radius 3 is 2.71 bits per heavy atom. The van der Waals surface area contributed by atoms with Crippen LogP contribution in [0.15, 0.2) is 0 Å². The third-order valence-electron chi connectivity index (χ3n) is 3.54. The predicted octanol–water partition coefficient (Wildman–Crippen LogP) is 0.585. The largest absolute Gasteiger partial charge is 0.391 e. The molecule has 1 aliphatic carbocycles. The van der Waals surface area contributed by atoms with Crippen LogP contribution in [0.25, 0.3) is 0 Å². The van der Waals surface area contributed by atoms with Gasteiger partial charge in [-0.25, -0.2) is 0 Å². The lowest BCUT2D eigenvalue weighted by atomic mass is 9.91. The van der Waals surface area contributed by atoms with Crippen LogP contribution in [-0.2, 0) is 0 Å². The number of hydrogen-bond donors (Lipinski definition) is 2. The number of rotatable bonds is 1. The molecule has 14 heavy (non-hydrogen) atoms. The lowest BCUT2D eigenvalue weighted by Gasteiger charge is -2.36. The van der Waals surface area contributed by atoms with E-state index in [0.717, 1.165) is 32.6 Å². The third-order valence-corrected chi connectivity index (χ3v) is 3.54. The summed E-state index contributed by atoms with van der Waals surface area (Å²) in [5, 5.41) is 13.4. The summed E-state index contributed by atoms with van der Waals surface area (Å²) in [5.74, 6) is 0. The zero-order valence-electron chi connectivity index (χ0n) is 8.91. The van der Waals surface area contributed by atoms with Gasteiger partial charge in [0.1, 0.15) is 0 Å². The quantitative estimate of drug-likeness (QED) is 0.647. The summed E-state index contributed by atoms with van der Waals surface area (Å²) in [6.45, 7) is 4.50. The molecule has 2 atom stereocenters. The fourth-order valence-electron chi connectivity index (χ4n) is 2.72. The number of aliphatic hydroxyl groups is 1. The zero-order valence-corrected chi connectivity index (χ0v) is 8.91. The Morgan fingerprint density at radius 1 is 1.00 bits per heavy atom. The van der Waals surface area contributed by atoms with E-state index in [4.69, 9.17) is 0 Å². The van der Waals surface area contributed by atoms with Crippen molar-refractivity contribution in [1.29, 1.82) is 0 Å². The maximum atomic E-state index is 9.95. The standard InChI is InChI=1S/C11H22N2O/c14-11-5-2-1-4-10(11)13-8-3-6-12-7-9-13/h10-12,14H,1-9H2/t10-,11-/m1/s1. The Balaban J connectivity index is 1.90. The highest BCUT2D eigenvalue weighted by atomic mass is 16.3. The van der Waals surface area contributed by atoms with Crippen molar-refractivity contribution in [3.05, 3.63) is 0 Å².